The molecule has 3 rings (SSSR count). The van der Waals surface area contributed by atoms with Crippen LogP contribution in [0.5, 0.6) is 5.75 Å². The first kappa shape index (κ1) is 15.9. The van der Waals surface area contributed by atoms with Gasteiger partial charge in [-0.1, -0.05) is 12.1 Å². The molecule has 0 aliphatic rings. The molecule has 2 aromatic heterocycles. The van der Waals surface area contributed by atoms with Crippen molar-refractivity contribution in [3.8, 4) is 5.75 Å². The predicted octanol–water partition coefficient (Wildman–Crippen LogP) is 4.01. The van der Waals surface area contributed by atoms with Crippen LogP contribution in [0.2, 0.25) is 0 Å². The van der Waals surface area contributed by atoms with Crippen molar-refractivity contribution >= 4 is 11.6 Å². The Morgan fingerprint density at radius 1 is 1.21 bits per heavy atom. The van der Waals surface area contributed by atoms with Gasteiger partial charge in [0.05, 0.1) is 31.2 Å². The molecule has 3 aromatic rings. The smallest absolute Gasteiger partial charge is 0.257 e. The number of benzene rings is 1. The lowest BCUT2D eigenvalue weighted by Gasteiger charge is -2.10. The highest BCUT2D eigenvalue weighted by Gasteiger charge is 2.17. The van der Waals surface area contributed by atoms with Crippen molar-refractivity contribution in [3.63, 3.8) is 0 Å². The van der Waals surface area contributed by atoms with E-state index in [0.717, 1.165) is 17.1 Å². The van der Waals surface area contributed by atoms with E-state index in [-0.39, 0.29) is 5.91 Å². The van der Waals surface area contributed by atoms with Gasteiger partial charge in [0.1, 0.15) is 11.5 Å². The van der Waals surface area contributed by atoms with Gasteiger partial charge in [0.15, 0.2) is 0 Å². The van der Waals surface area contributed by atoms with Gasteiger partial charge in [-0.05, 0) is 44.2 Å². The molecule has 0 saturated carbocycles. The molecule has 1 amide bonds. The average Bonchev–Trinajstić information content (AvgIpc) is 3.19. The molecule has 0 radical (unpaired) electrons. The maximum Gasteiger partial charge on any atom is 0.257 e. The Morgan fingerprint density at radius 3 is 2.71 bits per heavy atom. The molecule has 0 aliphatic carbocycles. The van der Waals surface area contributed by atoms with Gasteiger partial charge in [-0.3, -0.25) is 4.79 Å². The minimum atomic E-state index is -0.154. The lowest BCUT2D eigenvalue weighted by Crippen LogP contribution is -2.14. The van der Waals surface area contributed by atoms with Crippen molar-refractivity contribution < 1.29 is 13.9 Å². The van der Waals surface area contributed by atoms with Gasteiger partial charge in [0.2, 0.25) is 0 Å². The SMILES string of the molecule is COc1ccccc1NC(=O)c1cc(C)n(Cc2ccco2)c1C. The summed E-state index contributed by atoms with van der Waals surface area (Å²) < 4.78 is 12.7. The maximum atomic E-state index is 12.7. The molecule has 0 atom stereocenters. The van der Waals surface area contributed by atoms with E-state index in [1.807, 2.05) is 56.3 Å². The van der Waals surface area contributed by atoms with E-state index in [2.05, 4.69) is 9.88 Å². The van der Waals surface area contributed by atoms with Crippen LogP contribution < -0.4 is 10.1 Å². The first-order chi connectivity index (χ1) is 11.6. The molecule has 0 spiro atoms. The number of methoxy groups -OCH3 is 1. The van der Waals surface area contributed by atoms with Gasteiger partial charge >= 0.3 is 0 Å². The summed E-state index contributed by atoms with van der Waals surface area (Å²) in [6.07, 6.45) is 1.65. The molecule has 1 aromatic carbocycles. The molecule has 5 nitrogen and oxygen atoms in total. The molecule has 124 valence electrons. The first-order valence-corrected chi connectivity index (χ1v) is 7.73. The van der Waals surface area contributed by atoms with Gasteiger partial charge in [0, 0.05) is 11.4 Å². The highest BCUT2D eigenvalue weighted by molar-refractivity contribution is 6.06. The van der Waals surface area contributed by atoms with E-state index in [1.165, 1.54) is 0 Å². The number of para-hydroxylation sites is 2. The Balaban J connectivity index is 1.85. The summed E-state index contributed by atoms with van der Waals surface area (Å²) >= 11 is 0. The van der Waals surface area contributed by atoms with Crippen LogP contribution in [0.4, 0.5) is 5.69 Å². The number of nitrogens with zero attached hydrogens (tertiary/aromatic N) is 1. The Labute approximate surface area is 140 Å². The molecule has 0 fully saturated rings. The minimum Gasteiger partial charge on any atom is -0.495 e. The summed E-state index contributed by atoms with van der Waals surface area (Å²) in [5, 5.41) is 2.92. The number of anilines is 1. The zero-order chi connectivity index (χ0) is 17.1. The number of carbonyl (C=O) groups excluding carboxylic acids is 1. The van der Waals surface area contributed by atoms with Gasteiger partial charge in [0.25, 0.3) is 5.91 Å². The molecule has 0 bridgehead atoms. The normalized spacial score (nSPS) is 10.6. The zero-order valence-corrected chi connectivity index (χ0v) is 14.0. The summed E-state index contributed by atoms with van der Waals surface area (Å²) in [6, 6.07) is 13.0. The fraction of sp³-hybridized carbons (Fsp3) is 0.211. The number of rotatable bonds is 5. The quantitative estimate of drug-likeness (QED) is 0.771. The van der Waals surface area contributed by atoms with E-state index in [4.69, 9.17) is 9.15 Å². The van der Waals surface area contributed by atoms with Crippen LogP contribution >= 0.6 is 0 Å². The van der Waals surface area contributed by atoms with Crippen molar-refractivity contribution in [1.29, 1.82) is 0 Å². The summed E-state index contributed by atoms with van der Waals surface area (Å²) in [5.41, 5.74) is 3.20. The Kier molecular flexibility index (Phi) is 4.42. The third kappa shape index (κ3) is 3.06. The summed E-state index contributed by atoms with van der Waals surface area (Å²) in [4.78, 5) is 12.7. The van der Waals surface area contributed by atoms with Crippen molar-refractivity contribution in [2.75, 3.05) is 12.4 Å². The Bertz CT molecular complexity index is 848. The molecule has 2 heterocycles. The van der Waals surface area contributed by atoms with Gasteiger partial charge < -0.3 is 19.0 Å². The number of aryl methyl sites for hydroxylation is 1. The zero-order valence-electron chi connectivity index (χ0n) is 14.0. The number of ether oxygens (including phenoxy) is 1. The highest BCUT2D eigenvalue weighted by atomic mass is 16.5. The number of nitrogens with one attached hydrogen (secondary N) is 1. The fourth-order valence-electron chi connectivity index (χ4n) is 2.77. The Morgan fingerprint density at radius 2 is 2.00 bits per heavy atom. The molecule has 0 saturated heterocycles. The third-order valence-electron chi connectivity index (χ3n) is 4.07. The van der Waals surface area contributed by atoms with Crippen molar-refractivity contribution in [3.05, 3.63) is 71.4 Å². The van der Waals surface area contributed by atoms with Crippen LogP contribution in [-0.4, -0.2) is 17.6 Å². The summed E-state index contributed by atoms with van der Waals surface area (Å²) in [7, 11) is 1.58. The number of furan rings is 1. The number of carbonyl (C=O) groups is 1. The number of amides is 1. The standard InChI is InChI=1S/C19H20N2O3/c1-13-11-16(14(2)21(13)12-15-7-6-10-24-15)19(22)20-17-8-4-5-9-18(17)23-3/h4-11H,12H2,1-3H3,(H,20,22). The second kappa shape index (κ2) is 6.66. The second-order valence-corrected chi connectivity index (χ2v) is 5.60. The number of aromatic nitrogens is 1. The van der Waals surface area contributed by atoms with Crippen molar-refractivity contribution in [2.24, 2.45) is 0 Å². The topological polar surface area (TPSA) is 56.4 Å². The lowest BCUT2D eigenvalue weighted by atomic mass is 10.2. The molecule has 0 unspecified atom stereocenters. The number of hydrogen-bond donors (Lipinski definition) is 1. The fourth-order valence-corrected chi connectivity index (χ4v) is 2.77. The largest absolute Gasteiger partial charge is 0.495 e. The monoisotopic (exact) mass is 324 g/mol. The van der Waals surface area contributed by atoms with Crippen molar-refractivity contribution in [1.82, 2.24) is 4.57 Å². The molecule has 1 N–H and O–H groups in total. The van der Waals surface area contributed by atoms with Crippen LogP contribution in [-0.2, 0) is 6.54 Å². The molecular formula is C19H20N2O3. The molecular weight excluding hydrogens is 304 g/mol. The minimum absolute atomic E-state index is 0.154. The van der Waals surface area contributed by atoms with Crippen LogP contribution in [0.1, 0.15) is 27.5 Å². The van der Waals surface area contributed by atoms with Crippen LogP contribution in [0, 0.1) is 13.8 Å². The van der Waals surface area contributed by atoms with Crippen LogP contribution in [0.15, 0.2) is 53.1 Å². The summed E-state index contributed by atoms with van der Waals surface area (Å²) in [5.74, 6) is 1.34. The van der Waals surface area contributed by atoms with E-state index in [9.17, 15) is 4.79 Å². The van der Waals surface area contributed by atoms with Gasteiger partial charge in [-0.15, -0.1) is 0 Å². The Hall–Kier alpha value is -2.95. The average molecular weight is 324 g/mol. The van der Waals surface area contributed by atoms with Crippen LogP contribution in [0.3, 0.4) is 0 Å². The van der Waals surface area contributed by atoms with Crippen molar-refractivity contribution in [2.45, 2.75) is 20.4 Å². The summed E-state index contributed by atoms with van der Waals surface area (Å²) in [6.45, 7) is 4.52. The lowest BCUT2D eigenvalue weighted by molar-refractivity contribution is 0.102. The molecule has 5 heteroatoms. The predicted molar refractivity (Wildman–Crippen MR) is 92.7 cm³/mol. The maximum absolute atomic E-state index is 12.7. The van der Waals surface area contributed by atoms with Gasteiger partial charge in [-0.2, -0.15) is 0 Å². The van der Waals surface area contributed by atoms with E-state index < -0.39 is 0 Å². The molecule has 0 aliphatic heterocycles. The van der Waals surface area contributed by atoms with E-state index in [0.29, 0.717) is 23.5 Å². The third-order valence-corrected chi connectivity index (χ3v) is 4.07. The van der Waals surface area contributed by atoms with Crippen LogP contribution in [0.25, 0.3) is 0 Å². The van der Waals surface area contributed by atoms with E-state index >= 15 is 0 Å². The first-order valence-electron chi connectivity index (χ1n) is 7.73. The second-order valence-electron chi connectivity index (χ2n) is 5.60. The van der Waals surface area contributed by atoms with Gasteiger partial charge in [-0.25, -0.2) is 0 Å². The highest BCUT2D eigenvalue weighted by Crippen LogP contribution is 2.25. The number of hydrogen-bond acceptors (Lipinski definition) is 3. The molecule has 24 heavy (non-hydrogen) atoms. The van der Waals surface area contributed by atoms with E-state index in [1.54, 1.807) is 13.4 Å².